The molecule has 2 aromatic heterocycles. The molecule has 7 heteroatoms. The minimum absolute atomic E-state index is 0.511. The number of likely N-dealkylation sites (tertiary alicyclic amines) is 1. The maximum Gasteiger partial charge on any atom is 0.198 e. The smallest absolute Gasteiger partial charge is 0.198 e. The zero-order valence-electron chi connectivity index (χ0n) is 15.9. The van der Waals surface area contributed by atoms with E-state index in [9.17, 15) is 0 Å². The molecule has 0 N–H and O–H groups in total. The van der Waals surface area contributed by atoms with E-state index in [4.69, 9.17) is 17.2 Å². The predicted octanol–water partition coefficient (Wildman–Crippen LogP) is 5.05. The fraction of sp³-hybridized carbons (Fsp3) is 0.550. The predicted molar refractivity (Wildman–Crippen MR) is 114 cm³/mol. The van der Waals surface area contributed by atoms with Crippen molar-refractivity contribution in [3.63, 3.8) is 0 Å². The van der Waals surface area contributed by atoms with Crippen molar-refractivity contribution in [2.75, 3.05) is 13.1 Å². The zero-order chi connectivity index (χ0) is 18.6. The van der Waals surface area contributed by atoms with Gasteiger partial charge in [-0.3, -0.25) is 4.90 Å². The van der Waals surface area contributed by atoms with Crippen molar-refractivity contribution in [2.45, 2.75) is 58.2 Å². The van der Waals surface area contributed by atoms with Crippen LogP contribution in [0.2, 0.25) is 0 Å². The molecule has 5 nitrogen and oxygen atoms in total. The Labute approximate surface area is 169 Å². The van der Waals surface area contributed by atoms with Crippen LogP contribution in [0.25, 0.3) is 10.2 Å². The molecule has 0 unspecified atom stereocenters. The summed E-state index contributed by atoms with van der Waals surface area (Å²) in [6.45, 7) is 6.11. The Morgan fingerprint density at radius 2 is 2.15 bits per heavy atom. The lowest BCUT2D eigenvalue weighted by atomic mass is 9.99. The summed E-state index contributed by atoms with van der Waals surface area (Å²) < 4.78 is 6.22. The van der Waals surface area contributed by atoms with E-state index in [2.05, 4.69) is 45.8 Å². The number of hydrogen-bond donors (Lipinski definition) is 0. The first-order valence-corrected chi connectivity index (χ1v) is 11.2. The average molecular weight is 402 g/mol. The molecule has 1 aliphatic rings. The summed E-state index contributed by atoms with van der Waals surface area (Å²) in [5.74, 6) is 0.511. The zero-order valence-corrected chi connectivity index (χ0v) is 17.5. The first-order chi connectivity index (χ1) is 13.2. The topological polar surface area (TPSA) is 38.9 Å². The number of fused-ring (bicyclic) bond motifs is 1. The third kappa shape index (κ3) is 4.31. The average Bonchev–Trinajstić information content (AvgIpc) is 3.27. The maximum atomic E-state index is 5.64. The second-order valence-corrected chi connectivity index (χ2v) is 8.82. The lowest BCUT2D eigenvalue weighted by molar-refractivity contribution is 0.156. The van der Waals surface area contributed by atoms with Crippen molar-refractivity contribution in [1.82, 2.24) is 24.2 Å². The largest absolute Gasteiger partial charge is 0.307 e. The molecule has 0 bridgehead atoms. The molecule has 0 radical (unpaired) electrons. The van der Waals surface area contributed by atoms with Crippen LogP contribution in [0.1, 0.15) is 50.0 Å². The summed E-state index contributed by atoms with van der Waals surface area (Å²) in [4.78, 5) is 7.36. The van der Waals surface area contributed by atoms with Crippen LogP contribution in [0.3, 0.4) is 0 Å². The molecule has 27 heavy (non-hydrogen) atoms. The summed E-state index contributed by atoms with van der Waals surface area (Å²) in [6, 6.07) is 8.44. The number of nitrogens with zero attached hydrogens (tertiary/aromatic N) is 5. The van der Waals surface area contributed by atoms with Gasteiger partial charge in [0.2, 0.25) is 0 Å². The molecule has 1 aromatic carbocycles. The van der Waals surface area contributed by atoms with Gasteiger partial charge in [0.05, 0.1) is 21.9 Å². The van der Waals surface area contributed by atoms with Crippen molar-refractivity contribution < 1.29 is 0 Å². The fourth-order valence-corrected chi connectivity index (χ4v) is 5.13. The fourth-order valence-electron chi connectivity index (χ4n) is 3.79. The number of benzene rings is 1. The highest BCUT2D eigenvalue weighted by Gasteiger charge is 2.24. The van der Waals surface area contributed by atoms with E-state index in [1.54, 1.807) is 0 Å². The molecule has 3 aromatic rings. The third-order valence-electron chi connectivity index (χ3n) is 5.30. The van der Waals surface area contributed by atoms with Gasteiger partial charge in [0.15, 0.2) is 4.77 Å². The molecule has 0 amide bonds. The standard InChI is InChI=1S/C20H27N5S2/c1-2-3-6-12-24-14-21-25(20(24)26)15-23-11-7-8-16(13-23)19-22-17-9-4-5-10-18(17)27-19/h4-5,9-10,14,16H,2-3,6-8,11-13,15H2,1H3/t16-/m0/s1. The van der Waals surface area contributed by atoms with E-state index < -0.39 is 0 Å². The van der Waals surface area contributed by atoms with E-state index >= 15 is 0 Å². The number of para-hydroxylation sites is 1. The van der Waals surface area contributed by atoms with Crippen molar-refractivity contribution in [3.05, 3.63) is 40.4 Å². The van der Waals surface area contributed by atoms with Crippen LogP contribution < -0.4 is 0 Å². The highest BCUT2D eigenvalue weighted by molar-refractivity contribution is 7.71. The second-order valence-electron chi connectivity index (χ2n) is 7.39. The molecular weight excluding hydrogens is 374 g/mol. The minimum Gasteiger partial charge on any atom is -0.307 e. The van der Waals surface area contributed by atoms with Crippen LogP contribution in [-0.2, 0) is 13.2 Å². The van der Waals surface area contributed by atoms with Crippen LogP contribution in [0, 0.1) is 4.77 Å². The Hall–Kier alpha value is -1.57. The number of hydrogen-bond acceptors (Lipinski definition) is 5. The highest BCUT2D eigenvalue weighted by Crippen LogP contribution is 2.33. The maximum absolute atomic E-state index is 5.64. The first-order valence-electron chi connectivity index (χ1n) is 9.94. The van der Waals surface area contributed by atoms with Gasteiger partial charge in [0, 0.05) is 19.0 Å². The summed E-state index contributed by atoms with van der Waals surface area (Å²) in [5, 5.41) is 5.81. The van der Waals surface area contributed by atoms with E-state index in [1.165, 1.54) is 41.8 Å². The molecular formula is C20H27N5S2. The number of piperidine rings is 1. The lowest BCUT2D eigenvalue weighted by Gasteiger charge is -2.31. The first kappa shape index (κ1) is 18.8. The van der Waals surface area contributed by atoms with Crippen LogP contribution >= 0.6 is 23.6 Å². The molecule has 3 heterocycles. The van der Waals surface area contributed by atoms with E-state index in [1.807, 2.05) is 22.3 Å². The van der Waals surface area contributed by atoms with Gasteiger partial charge in [0.25, 0.3) is 0 Å². The van der Waals surface area contributed by atoms with Gasteiger partial charge < -0.3 is 4.57 Å². The molecule has 0 spiro atoms. The molecule has 0 saturated carbocycles. The quantitative estimate of drug-likeness (QED) is 0.410. The molecule has 1 fully saturated rings. The van der Waals surface area contributed by atoms with Crippen LogP contribution in [-0.4, -0.2) is 37.3 Å². The monoisotopic (exact) mass is 401 g/mol. The number of aryl methyl sites for hydroxylation is 1. The summed E-state index contributed by atoms with van der Waals surface area (Å²) >= 11 is 7.48. The van der Waals surface area contributed by atoms with E-state index in [-0.39, 0.29) is 0 Å². The summed E-state index contributed by atoms with van der Waals surface area (Å²) in [6.07, 6.45) is 7.94. The molecule has 1 atom stereocenters. The van der Waals surface area contributed by atoms with Crippen molar-refractivity contribution in [2.24, 2.45) is 0 Å². The lowest BCUT2D eigenvalue weighted by Crippen LogP contribution is -2.36. The van der Waals surface area contributed by atoms with Crippen molar-refractivity contribution in [3.8, 4) is 0 Å². The second kappa shape index (κ2) is 8.63. The van der Waals surface area contributed by atoms with Crippen LogP contribution in [0.5, 0.6) is 0 Å². The van der Waals surface area contributed by atoms with Gasteiger partial charge in [-0.1, -0.05) is 31.9 Å². The Morgan fingerprint density at radius 3 is 3.00 bits per heavy atom. The number of thiazole rings is 1. The van der Waals surface area contributed by atoms with Crippen LogP contribution in [0.4, 0.5) is 0 Å². The van der Waals surface area contributed by atoms with Gasteiger partial charge >= 0.3 is 0 Å². The van der Waals surface area contributed by atoms with Crippen molar-refractivity contribution in [1.29, 1.82) is 0 Å². The normalized spacial score (nSPS) is 18.3. The van der Waals surface area contributed by atoms with Crippen molar-refractivity contribution >= 4 is 33.8 Å². The Balaban J connectivity index is 1.42. The summed E-state index contributed by atoms with van der Waals surface area (Å²) in [5.41, 5.74) is 1.13. The van der Waals surface area contributed by atoms with Gasteiger partial charge in [-0.15, -0.1) is 11.3 Å². The Bertz CT molecular complexity index is 908. The Kier molecular flexibility index (Phi) is 6.00. The van der Waals surface area contributed by atoms with Gasteiger partial charge in [-0.2, -0.15) is 5.10 Å². The molecule has 1 aliphatic heterocycles. The van der Waals surface area contributed by atoms with Gasteiger partial charge in [0.1, 0.15) is 6.33 Å². The Morgan fingerprint density at radius 1 is 1.26 bits per heavy atom. The summed E-state index contributed by atoms with van der Waals surface area (Å²) in [7, 11) is 0. The third-order valence-corrected chi connectivity index (χ3v) is 6.94. The molecule has 4 rings (SSSR count). The minimum atomic E-state index is 0.511. The molecule has 144 valence electrons. The van der Waals surface area contributed by atoms with Crippen LogP contribution in [0.15, 0.2) is 30.6 Å². The highest BCUT2D eigenvalue weighted by atomic mass is 32.1. The van der Waals surface area contributed by atoms with Gasteiger partial charge in [-0.25, -0.2) is 9.67 Å². The van der Waals surface area contributed by atoms with E-state index in [0.29, 0.717) is 5.92 Å². The number of aromatic nitrogens is 4. The number of rotatable bonds is 7. The van der Waals surface area contributed by atoms with Gasteiger partial charge in [-0.05, 0) is 50.2 Å². The molecule has 0 aliphatic carbocycles. The number of unbranched alkanes of at least 4 members (excludes halogenated alkanes) is 2. The van der Waals surface area contributed by atoms with E-state index in [0.717, 1.165) is 36.6 Å². The SMILES string of the molecule is CCCCCn1cnn(CN2CCC[C@H](c3nc4ccccc4s3)C2)c1=S. The molecule has 1 saturated heterocycles.